The molecule has 0 bridgehead atoms. The molecule has 6 heteroatoms. The van der Waals surface area contributed by atoms with E-state index in [-0.39, 0.29) is 5.97 Å². The van der Waals surface area contributed by atoms with E-state index in [0.717, 1.165) is 35.8 Å². The predicted molar refractivity (Wildman–Crippen MR) is 98.0 cm³/mol. The zero-order chi connectivity index (χ0) is 17.3. The molecule has 0 unspecified atom stereocenters. The standard InChI is InChI=1S/C18H24BrN3O2/c1-18(2,3)24-17(23)12-21-8-6-15(7-9-21)22-16-5-4-14(19)10-13(16)11-20-22/h4-5,10-11,15H,6-9,12H2,1-3H3. The molecule has 3 rings (SSSR count). The third-order valence-electron chi connectivity index (χ3n) is 4.23. The lowest BCUT2D eigenvalue weighted by atomic mass is 10.0. The molecule has 2 aromatic rings. The van der Waals surface area contributed by atoms with Crippen LogP contribution in [0.2, 0.25) is 0 Å². The van der Waals surface area contributed by atoms with Crippen LogP contribution in [0.5, 0.6) is 0 Å². The minimum absolute atomic E-state index is 0.143. The van der Waals surface area contributed by atoms with Gasteiger partial charge in [0.15, 0.2) is 0 Å². The highest BCUT2D eigenvalue weighted by Gasteiger charge is 2.25. The second-order valence-corrected chi connectivity index (χ2v) is 8.30. The van der Waals surface area contributed by atoms with Crippen molar-refractivity contribution in [2.24, 2.45) is 0 Å². The van der Waals surface area contributed by atoms with Crippen LogP contribution < -0.4 is 0 Å². The van der Waals surface area contributed by atoms with Crippen molar-refractivity contribution in [2.75, 3.05) is 19.6 Å². The summed E-state index contributed by atoms with van der Waals surface area (Å²) in [5, 5.41) is 5.73. The summed E-state index contributed by atoms with van der Waals surface area (Å²) in [5.74, 6) is -0.143. The maximum Gasteiger partial charge on any atom is 0.320 e. The van der Waals surface area contributed by atoms with Gasteiger partial charge >= 0.3 is 5.97 Å². The Morgan fingerprint density at radius 3 is 2.71 bits per heavy atom. The second-order valence-electron chi connectivity index (χ2n) is 7.39. The highest BCUT2D eigenvalue weighted by atomic mass is 79.9. The van der Waals surface area contributed by atoms with Crippen LogP contribution in [0, 0.1) is 0 Å². The molecule has 5 nitrogen and oxygen atoms in total. The molecule has 1 fully saturated rings. The number of nitrogens with zero attached hydrogens (tertiary/aromatic N) is 3. The number of fused-ring (bicyclic) bond motifs is 1. The number of piperidine rings is 1. The van der Waals surface area contributed by atoms with Gasteiger partial charge in [-0.1, -0.05) is 15.9 Å². The average Bonchev–Trinajstić information content (AvgIpc) is 2.89. The first-order valence-corrected chi connectivity index (χ1v) is 9.18. The minimum atomic E-state index is -0.419. The monoisotopic (exact) mass is 393 g/mol. The van der Waals surface area contributed by atoms with E-state index in [4.69, 9.17) is 4.74 Å². The third kappa shape index (κ3) is 4.16. The summed E-state index contributed by atoms with van der Waals surface area (Å²) in [7, 11) is 0. The molecular formula is C18H24BrN3O2. The Hall–Kier alpha value is -1.40. The summed E-state index contributed by atoms with van der Waals surface area (Å²) in [6.07, 6.45) is 3.92. The summed E-state index contributed by atoms with van der Waals surface area (Å²) in [5.41, 5.74) is 0.751. The van der Waals surface area contributed by atoms with Gasteiger partial charge in [-0.2, -0.15) is 5.10 Å². The van der Waals surface area contributed by atoms with Crippen molar-refractivity contribution in [3.05, 3.63) is 28.9 Å². The molecule has 0 amide bonds. The highest BCUT2D eigenvalue weighted by Crippen LogP contribution is 2.27. The van der Waals surface area contributed by atoms with Gasteiger partial charge in [0, 0.05) is 22.9 Å². The van der Waals surface area contributed by atoms with Crippen molar-refractivity contribution in [1.29, 1.82) is 0 Å². The van der Waals surface area contributed by atoms with Gasteiger partial charge < -0.3 is 4.74 Å². The molecule has 0 aliphatic carbocycles. The van der Waals surface area contributed by atoms with Gasteiger partial charge in [0.25, 0.3) is 0 Å². The lowest BCUT2D eigenvalue weighted by Crippen LogP contribution is -2.40. The Kier molecular flexibility index (Phi) is 4.97. The van der Waals surface area contributed by atoms with E-state index in [9.17, 15) is 4.79 Å². The summed E-state index contributed by atoms with van der Waals surface area (Å²) < 4.78 is 8.61. The molecule has 0 spiro atoms. The van der Waals surface area contributed by atoms with Crippen LogP contribution in [-0.2, 0) is 9.53 Å². The van der Waals surface area contributed by atoms with Gasteiger partial charge in [0.2, 0.25) is 0 Å². The second kappa shape index (κ2) is 6.84. The number of carbonyl (C=O) groups is 1. The molecule has 130 valence electrons. The molecule has 1 aliphatic rings. The maximum atomic E-state index is 12.0. The van der Waals surface area contributed by atoms with E-state index in [1.807, 2.05) is 27.0 Å². The smallest absolute Gasteiger partial charge is 0.320 e. The quantitative estimate of drug-likeness (QED) is 0.744. The molecule has 1 aromatic carbocycles. The van der Waals surface area contributed by atoms with Crippen LogP contribution in [0.3, 0.4) is 0 Å². The minimum Gasteiger partial charge on any atom is -0.459 e. The fourth-order valence-electron chi connectivity index (χ4n) is 3.19. The normalized spacial score (nSPS) is 17.3. The number of aromatic nitrogens is 2. The largest absolute Gasteiger partial charge is 0.459 e. The van der Waals surface area contributed by atoms with Crippen LogP contribution in [-0.4, -0.2) is 45.9 Å². The van der Waals surface area contributed by atoms with Gasteiger partial charge in [0.1, 0.15) is 5.60 Å². The number of hydrogen-bond acceptors (Lipinski definition) is 4. The molecule has 1 aliphatic heterocycles. The predicted octanol–water partition coefficient (Wildman–Crippen LogP) is 3.78. The van der Waals surface area contributed by atoms with E-state index in [1.165, 1.54) is 5.52 Å². The van der Waals surface area contributed by atoms with Crippen LogP contribution in [0.25, 0.3) is 10.9 Å². The molecule has 1 aromatic heterocycles. The number of esters is 1. The maximum absolute atomic E-state index is 12.0. The number of ether oxygens (including phenoxy) is 1. The number of rotatable bonds is 3. The Morgan fingerprint density at radius 2 is 2.04 bits per heavy atom. The van der Waals surface area contributed by atoms with Gasteiger partial charge in [-0.25, -0.2) is 0 Å². The van der Waals surface area contributed by atoms with Crippen molar-refractivity contribution in [3.8, 4) is 0 Å². The van der Waals surface area contributed by atoms with Crippen LogP contribution >= 0.6 is 15.9 Å². The topological polar surface area (TPSA) is 47.4 Å². The third-order valence-corrected chi connectivity index (χ3v) is 4.73. The van der Waals surface area contributed by atoms with Gasteiger partial charge in [-0.3, -0.25) is 14.4 Å². The van der Waals surface area contributed by atoms with Gasteiger partial charge in [0.05, 0.1) is 24.3 Å². The van der Waals surface area contributed by atoms with Gasteiger partial charge in [-0.15, -0.1) is 0 Å². The molecule has 1 saturated heterocycles. The number of halogens is 1. The highest BCUT2D eigenvalue weighted by molar-refractivity contribution is 9.10. The fraction of sp³-hybridized carbons (Fsp3) is 0.556. The zero-order valence-electron chi connectivity index (χ0n) is 14.5. The van der Waals surface area contributed by atoms with Crippen molar-refractivity contribution < 1.29 is 9.53 Å². The van der Waals surface area contributed by atoms with Crippen molar-refractivity contribution in [2.45, 2.75) is 45.3 Å². The van der Waals surface area contributed by atoms with Crippen LogP contribution in [0.4, 0.5) is 0 Å². The van der Waals surface area contributed by atoms with Crippen molar-refractivity contribution in [3.63, 3.8) is 0 Å². The summed E-state index contributed by atoms with van der Waals surface area (Å²) >= 11 is 3.50. The number of likely N-dealkylation sites (tertiary alicyclic amines) is 1. The van der Waals surface area contributed by atoms with E-state index in [2.05, 4.69) is 48.8 Å². The molecular weight excluding hydrogens is 370 g/mol. The van der Waals surface area contributed by atoms with E-state index in [1.54, 1.807) is 0 Å². The molecule has 24 heavy (non-hydrogen) atoms. The Labute approximate surface area is 151 Å². The molecule has 2 heterocycles. The summed E-state index contributed by atoms with van der Waals surface area (Å²) in [6.45, 7) is 7.86. The lowest BCUT2D eigenvalue weighted by molar-refractivity contribution is -0.156. The van der Waals surface area contributed by atoms with Crippen molar-refractivity contribution in [1.82, 2.24) is 14.7 Å². The zero-order valence-corrected chi connectivity index (χ0v) is 16.0. The first-order chi connectivity index (χ1) is 11.3. The fourth-order valence-corrected chi connectivity index (χ4v) is 3.57. The summed E-state index contributed by atoms with van der Waals surface area (Å²) in [6, 6.07) is 6.65. The van der Waals surface area contributed by atoms with E-state index in [0.29, 0.717) is 12.6 Å². The molecule has 0 saturated carbocycles. The molecule has 0 radical (unpaired) electrons. The number of benzene rings is 1. The van der Waals surface area contributed by atoms with E-state index < -0.39 is 5.60 Å². The SMILES string of the molecule is CC(C)(C)OC(=O)CN1CCC(n2ncc3cc(Br)ccc32)CC1. The number of carbonyl (C=O) groups excluding carboxylic acids is 1. The molecule has 0 N–H and O–H groups in total. The lowest BCUT2D eigenvalue weighted by Gasteiger charge is -2.32. The van der Waals surface area contributed by atoms with Gasteiger partial charge in [-0.05, 0) is 51.8 Å². The first kappa shape index (κ1) is 17.4. The molecule has 0 atom stereocenters. The van der Waals surface area contributed by atoms with Crippen LogP contribution in [0.1, 0.15) is 39.7 Å². The average molecular weight is 394 g/mol. The van der Waals surface area contributed by atoms with Crippen LogP contribution in [0.15, 0.2) is 28.9 Å². The van der Waals surface area contributed by atoms with Crippen molar-refractivity contribution >= 4 is 32.8 Å². The Morgan fingerprint density at radius 1 is 1.33 bits per heavy atom. The Balaban J connectivity index is 1.59. The number of hydrogen-bond donors (Lipinski definition) is 0. The van der Waals surface area contributed by atoms with E-state index >= 15 is 0 Å². The summed E-state index contributed by atoms with van der Waals surface area (Å²) in [4.78, 5) is 14.1. The Bertz CT molecular complexity index is 727. The first-order valence-electron chi connectivity index (χ1n) is 8.39.